The molecule has 0 saturated carbocycles. The van der Waals surface area contributed by atoms with Gasteiger partial charge in [-0.25, -0.2) is 8.78 Å². The van der Waals surface area contributed by atoms with E-state index in [-0.39, 0.29) is 12.4 Å². The zero-order valence-electron chi connectivity index (χ0n) is 12.2. The molecule has 21 heavy (non-hydrogen) atoms. The van der Waals surface area contributed by atoms with Crippen molar-refractivity contribution in [2.45, 2.75) is 27.0 Å². The fourth-order valence-electron chi connectivity index (χ4n) is 1.87. The molecule has 0 saturated heterocycles. The van der Waals surface area contributed by atoms with Crippen molar-refractivity contribution >= 4 is 0 Å². The maximum Gasteiger partial charge on any atom is 0.165 e. The Morgan fingerprint density at radius 3 is 2.81 bits per heavy atom. The summed E-state index contributed by atoms with van der Waals surface area (Å²) >= 11 is 0. The standard InChI is InChI=1S/C16H19F2NO2/c1-11(2)8-19-9-16-12(5-6-20-16)10-21-15-7-13(17)3-4-14(15)18/h3-7,11,19H,8-10H2,1-2H3. The molecular formula is C16H19F2NO2. The number of rotatable bonds is 7. The number of furan rings is 1. The fraction of sp³-hybridized carbons (Fsp3) is 0.375. The third-order valence-corrected chi connectivity index (χ3v) is 2.95. The quantitative estimate of drug-likeness (QED) is 0.841. The lowest BCUT2D eigenvalue weighted by molar-refractivity contribution is 0.284. The summed E-state index contributed by atoms with van der Waals surface area (Å²) in [4.78, 5) is 0. The van der Waals surface area contributed by atoms with Crippen LogP contribution in [-0.4, -0.2) is 6.54 Å². The SMILES string of the molecule is CC(C)CNCc1occc1COc1cc(F)ccc1F. The highest BCUT2D eigenvalue weighted by molar-refractivity contribution is 5.26. The number of hydrogen-bond donors (Lipinski definition) is 1. The predicted octanol–water partition coefficient (Wildman–Crippen LogP) is 3.88. The fourth-order valence-corrected chi connectivity index (χ4v) is 1.87. The van der Waals surface area contributed by atoms with Gasteiger partial charge in [-0.2, -0.15) is 0 Å². The Hall–Kier alpha value is -1.88. The lowest BCUT2D eigenvalue weighted by Gasteiger charge is -2.09. The molecule has 2 aromatic rings. The van der Waals surface area contributed by atoms with Crippen molar-refractivity contribution in [1.82, 2.24) is 5.32 Å². The van der Waals surface area contributed by atoms with Crippen molar-refractivity contribution < 1.29 is 17.9 Å². The average molecular weight is 295 g/mol. The molecule has 2 rings (SSSR count). The Kier molecular flexibility index (Phi) is 5.33. The van der Waals surface area contributed by atoms with Gasteiger partial charge in [0.25, 0.3) is 0 Å². The van der Waals surface area contributed by atoms with Gasteiger partial charge < -0.3 is 14.5 Å². The summed E-state index contributed by atoms with van der Waals surface area (Å²) in [5, 5.41) is 3.26. The maximum absolute atomic E-state index is 13.5. The van der Waals surface area contributed by atoms with Gasteiger partial charge in [0.2, 0.25) is 0 Å². The topological polar surface area (TPSA) is 34.4 Å². The summed E-state index contributed by atoms with van der Waals surface area (Å²) in [6.07, 6.45) is 1.56. The molecular weight excluding hydrogens is 276 g/mol. The minimum atomic E-state index is -0.584. The van der Waals surface area contributed by atoms with Crippen LogP contribution in [0.3, 0.4) is 0 Å². The molecule has 5 heteroatoms. The summed E-state index contributed by atoms with van der Waals surface area (Å²) in [5.74, 6) is 0.0718. The second-order valence-corrected chi connectivity index (χ2v) is 5.26. The Morgan fingerprint density at radius 1 is 1.24 bits per heavy atom. The van der Waals surface area contributed by atoms with E-state index < -0.39 is 11.6 Å². The molecule has 0 fully saturated rings. The third kappa shape index (κ3) is 4.56. The number of nitrogens with one attached hydrogen (secondary N) is 1. The van der Waals surface area contributed by atoms with Gasteiger partial charge in [0.05, 0.1) is 12.8 Å². The van der Waals surface area contributed by atoms with Crippen molar-refractivity contribution in [3.05, 3.63) is 53.5 Å². The number of benzene rings is 1. The molecule has 0 aliphatic heterocycles. The van der Waals surface area contributed by atoms with Gasteiger partial charge in [0.1, 0.15) is 18.2 Å². The number of hydrogen-bond acceptors (Lipinski definition) is 3. The Labute approximate surface area is 122 Å². The zero-order chi connectivity index (χ0) is 15.2. The molecule has 1 aromatic heterocycles. The normalized spacial score (nSPS) is 11.1. The first-order chi connectivity index (χ1) is 10.1. The highest BCUT2D eigenvalue weighted by Gasteiger charge is 2.10. The van der Waals surface area contributed by atoms with Crippen LogP contribution in [0.1, 0.15) is 25.2 Å². The Balaban J connectivity index is 1.94. The number of ether oxygens (including phenoxy) is 1. The highest BCUT2D eigenvalue weighted by Crippen LogP contribution is 2.20. The first kappa shape index (κ1) is 15.5. The van der Waals surface area contributed by atoms with Gasteiger partial charge in [0.15, 0.2) is 11.6 Å². The third-order valence-electron chi connectivity index (χ3n) is 2.95. The van der Waals surface area contributed by atoms with Crippen LogP contribution in [0.25, 0.3) is 0 Å². The minimum Gasteiger partial charge on any atom is -0.486 e. The molecule has 0 radical (unpaired) electrons. The largest absolute Gasteiger partial charge is 0.486 e. The van der Waals surface area contributed by atoms with Crippen LogP contribution in [0.5, 0.6) is 5.75 Å². The lowest BCUT2D eigenvalue weighted by Crippen LogP contribution is -2.19. The van der Waals surface area contributed by atoms with Gasteiger partial charge in [-0.1, -0.05) is 13.8 Å². The van der Waals surface area contributed by atoms with E-state index in [1.807, 2.05) is 0 Å². The van der Waals surface area contributed by atoms with Crippen LogP contribution in [0, 0.1) is 17.6 Å². The van der Waals surface area contributed by atoms with Gasteiger partial charge >= 0.3 is 0 Å². The molecule has 0 aliphatic carbocycles. The molecule has 0 amide bonds. The average Bonchev–Trinajstić information content (AvgIpc) is 2.87. The van der Waals surface area contributed by atoms with Crippen LogP contribution in [0.4, 0.5) is 8.78 Å². The summed E-state index contributed by atoms with van der Waals surface area (Å²) in [7, 11) is 0. The van der Waals surface area contributed by atoms with Crippen LogP contribution in [0.2, 0.25) is 0 Å². The molecule has 0 bridgehead atoms. The molecule has 1 heterocycles. The second kappa shape index (κ2) is 7.22. The van der Waals surface area contributed by atoms with Gasteiger partial charge in [-0.3, -0.25) is 0 Å². The van der Waals surface area contributed by atoms with E-state index in [0.717, 1.165) is 36.1 Å². The Morgan fingerprint density at radius 2 is 2.05 bits per heavy atom. The molecule has 0 unspecified atom stereocenters. The predicted molar refractivity (Wildman–Crippen MR) is 75.9 cm³/mol. The van der Waals surface area contributed by atoms with Gasteiger partial charge in [-0.15, -0.1) is 0 Å². The molecule has 0 aliphatic rings. The molecule has 3 nitrogen and oxygen atoms in total. The first-order valence-corrected chi connectivity index (χ1v) is 6.90. The van der Waals surface area contributed by atoms with Crippen LogP contribution in [0.15, 0.2) is 34.9 Å². The van der Waals surface area contributed by atoms with Crippen molar-refractivity contribution in [2.75, 3.05) is 6.54 Å². The monoisotopic (exact) mass is 295 g/mol. The van der Waals surface area contributed by atoms with E-state index >= 15 is 0 Å². The molecule has 0 atom stereocenters. The van der Waals surface area contributed by atoms with Crippen LogP contribution < -0.4 is 10.1 Å². The summed E-state index contributed by atoms with van der Waals surface area (Å²) in [6, 6.07) is 4.90. The highest BCUT2D eigenvalue weighted by atomic mass is 19.1. The van der Waals surface area contributed by atoms with E-state index in [0.29, 0.717) is 12.5 Å². The van der Waals surface area contributed by atoms with Crippen molar-refractivity contribution in [3.8, 4) is 5.75 Å². The summed E-state index contributed by atoms with van der Waals surface area (Å²) in [5.41, 5.74) is 0.815. The van der Waals surface area contributed by atoms with Gasteiger partial charge in [-0.05, 0) is 30.7 Å². The Bertz CT molecular complexity index is 581. The second-order valence-electron chi connectivity index (χ2n) is 5.26. The minimum absolute atomic E-state index is 0.0997. The maximum atomic E-state index is 13.5. The molecule has 1 aromatic carbocycles. The van der Waals surface area contributed by atoms with E-state index in [9.17, 15) is 8.78 Å². The van der Waals surface area contributed by atoms with Crippen molar-refractivity contribution in [2.24, 2.45) is 5.92 Å². The summed E-state index contributed by atoms with van der Waals surface area (Å²) < 4.78 is 37.2. The lowest BCUT2D eigenvalue weighted by atomic mass is 10.2. The van der Waals surface area contributed by atoms with E-state index in [2.05, 4.69) is 19.2 Å². The smallest absolute Gasteiger partial charge is 0.165 e. The molecule has 1 N–H and O–H groups in total. The number of halogens is 2. The first-order valence-electron chi connectivity index (χ1n) is 6.90. The van der Waals surface area contributed by atoms with E-state index in [1.54, 1.807) is 12.3 Å². The van der Waals surface area contributed by atoms with Crippen molar-refractivity contribution in [1.29, 1.82) is 0 Å². The van der Waals surface area contributed by atoms with E-state index in [1.165, 1.54) is 0 Å². The zero-order valence-corrected chi connectivity index (χ0v) is 12.2. The van der Waals surface area contributed by atoms with Crippen LogP contribution in [-0.2, 0) is 13.2 Å². The van der Waals surface area contributed by atoms with Crippen LogP contribution >= 0.6 is 0 Å². The summed E-state index contributed by atoms with van der Waals surface area (Å²) in [6.45, 7) is 5.82. The van der Waals surface area contributed by atoms with E-state index in [4.69, 9.17) is 9.15 Å². The molecule has 0 spiro atoms. The van der Waals surface area contributed by atoms with Crippen molar-refractivity contribution in [3.63, 3.8) is 0 Å². The van der Waals surface area contributed by atoms with Gasteiger partial charge in [0, 0.05) is 11.6 Å². The molecule has 114 valence electrons.